The van der Waals surface area contributed by atoms with Gasteiger partial charge in [-0.15, -0.1) is 0 Å². The van der Waals surface area contributed by atoms with E-state index >= 15 is 0 Å². The van der Waals surface area contributed by atoms with Gasteiger partial charge in [-0.3, -0.25) is 0 Å². The number of methoxy groups -OCH3 is 1. The predicted octanol–water partition coefficient (Wildman–Crippen LogP) is 3.19. The highest BCUT2D eigenvalue weighted by atomic mass is 32.2. The van der Waals surface area contributed by atoms with Crippen molar-refractivity contribution in [1.29, 1.82) is 0 Å². The number of rotatable bonds is 8. The van der Waals surface area contributed by atoms with Crippen LogP contribution in [-0.2, 0) is 10.0 Å². The van der Waals surface area contributed by atoms with Crippen molar-refractivity contribution in [3.05, 3.63) is 65.7 Å². The monoisotopic (exact) mass is 374 g/mol. The van der Waals surface area contributed by atoms with Crippen molar-refractivity contribution in [1.82, 2.24) is 4.83 Å². The summed E-state index contributed by atoms with van der Waals surface area (Å²) >= 11 is 0. The number of nitrogens with zero attached hydrogens (tertiary/aromatic N) is 1. The second kappa shape index (κ2) is 8.53. The Morgan fingerprint density at radius 1 is 1.15 bits per heavy atom. The van der Waals surface area contributed by atoms with Gasteiger partial charge in [0.2, 0.25) is 0 Å². The summed E-state index contributed by atoms with van der Waals surface area (Å²) in [6.45, 7) is 7.54. The molecule has 0 saturated carbocycles. The molecule has 0 bridgehead atoms. The lowest BCUT2D eigenvalue weighted by molar-refractivity contribution is 0.326. The predicted molar refractivity (Wildman–Crippen MR) is 103 cm³/mol. The van der Waals surface area contributed by atoms with Crippen molar-refractivity contribution >= 4 is 16.2 Å². The van der Waals surface area contributed by atoms with Crippen molar-refractivity contribution in [3.63, 3.8) is 0 Å². The summed E-state index contributed by atoms with van der Waals surface area (Å²) in [5.41, 5.74) is 2.18. The molecule has 0 aliphatic carbocycles. The van der Waals surface area contributed by atoms with E-state index in [4.69, 9.17) is 9.47 Å². The average Bonchev–Trinajstić information content (AvgIpc) is 2.62. The first-order valence-corrected chi connectivity index (χ1v) is 9.39. The molecular weight excluding hydrogens is 352 g/mol. The van der Waals surface area contributed by atoms with E-state index in [1.807, 2.05) is 13.0 Å². The Morgan fingerprint density at radius 3 is 2.62 bits per heavy atom. The Kier molecular flexibility index (Phi) is 6.41. The molecule has 7 heteroatoms. The molecule has 2 aromatic carbocycles. The molecule has 0 aliphatic heterocycles. The summed E-state index contributed by atoms with van der Waals surface area (Å²) in [5.74, 6) is 1.09. The molecule has 0 heterocycles. The maximum atomic E-state index is 12.4. The Bertz CT molecular complexity index is 921. The summed E-state index contributed by atoms with van der Waals surface area (Å²) in [6, 6.07) is 10.4. The van der Waals surface area contributed by atoms with E-state index in [9.17, 15) is 8.42 Å². The second-order valence-corrected chi connectivity index (χ2v) is 7.26. The van der Waals surface area contributed by atoms with Crippen LogP contribution in [0.15, 0.2) is 59.1 Å². The normalized spacial score (nSPS) is 11.3. The summed E-state index contributed by atoms with van der Waals surface area (Å²) in [6.07, 6.45) is 3.04. The zero-order chi connectivity index (χ0) is 19.2. The summed E-state index contributed by atoms with van der Waals surface area (Å²) in [7, 11) is -2.21. The topological polar surface area (TPSA) is 77.0 Å². The molecular formula is C19H22N2O4S. The van der Waals surface area contributed by atoms with E-state index in [1.165, 1.54) is 13.3 Å². The minimum absolute atomic E-state index is 0.209. The second-order valence-electron chi connectivity index (χ2n) is 5.63. The van der Waals surface area contributed by atoms with Crippen molar-refractivity contribution in [2.75, 3.05) is 13.7 Å². The van der Waals surface area contributed by atoms with Crippen molar-refractivity contribution in [2.45, 2.75) is 18.7 Å². The van der Waals surface area contributed by atoms with Gasteiger partial charge in [-0.2, -0.15) is 13.5 Å². The lowest BCUT2D eigenvalue weighted by Gasteiger charge is -2.10. The minimum atomic E-state index is -3.73. The highest BCUT2D eigenvalue weighted by molar-refractivity contribution is 7.89. The molecule has 26 heavy (non-hydrogen) atoms. The molecule has 2 aromatic rings. The highest BCUT2D eigenvalue weighted by Gasteiger charge is 2.15. The number of ether oxygens (including phenoxy) is 2. The highest BCUT2D eigenvalue weighted by Crippen LogP contribution is 2.27. The van der Waals surface area contributed by atoms with E-state index in [1.54, 1.807) is 43.3 Å². The van der Waals surface area contributed by atoms with Gasteiger partial charge in [0.1, 0.15) is 6.61 Å². The Labute approximate surface area is 154 Å². The molecule has 0 aromatic heterocycles. The molecule has 0 atom stereocenters. The summed E-state index contributed by atoms with van der Waals surface area (Å²) < 4.78 is 35.6. The quantitative estimate of drug-likeness (QED) is 0.437. The molecule has 138 valence electrons. The molecule has 0 spiro atoms. The molecule has 0 fully saturated rings. The van der Waals surface area contributed by atoms with Gasteiger partial charge in [0.15, 0.2) is 11.5 Å². The van der Waals surface area contributed by atoms with E-state index in [0.29, 0.717) is 29.2 Å². The Hall–Kier alpha value is -2.80. The van der Waals surface area contributed by atoms with Crippen LogP contribution in [0.25, 0.3) is 0 Å². The van der Waals surface area contributed by atoms with E-state index in [-0.39, 0.29) is 4.90 Å². The maximum absolute atomic E-state index is 12.4. The molecule has 2 rings (SSSR count). The first-order valence-electron chi connectivity index (χ1n) is 7.91. The zero-order valence-electron chi connectivity index (χ0n) is 15.0. The van der Waals surface area contributed by atoms with Crippen LogP contribution in [-0.4, -0.2) is 28.3 Å². The molecule has 0 saturated heterocycles. The summed E-state index contributed by atoms with van der Waals surface area (Å²) in [5, 5.41) is 3.85. The fourth-order valence-corrected chi connectivity index (χ4v) is 3.37. The van der Waals surface area contributed by atoms with Crippen LogP contribution < -0.4 is 14.3 Å². The van der Waals surface area contributed by atoms with E-state index in [2.05, 4.69) is 16.5 Å². The van der Waals surface area contributed by atoms with Crippen molar-refractivity contribution < 1.29 is 17.9 Å². The van der Waals surface area contributed by atoms with E-state index < -0.39 is 10.0 Å². The standard InChI is InChI=1S/C19H22N2O4S/c1-5-10-25-17-9-8-16(12-18(17)24-4)13-20-21-26(22,23)19-11-14(2)6-7-15(19)3/h5-9,11-13,21H,1,10H2,2-4H3/b20-13-. The van der Waals surface area contributed by atoms with E-state index in [0.717, 1.165) is 5.56 Å². The number of sulfonamides is 1. The Balaban J connectivity index is 2.17. The first-order chi connectivity index (χ1) is 12.4. The maximum Gasteiger partial charge on any atom is 0.276 e. The van der Waals surface area contributed by atoms with Crippen LogP contribution >= 0.6 is 0 Å². The average molecular weight is 374 g/mol. The van der Waals surface area contributed by atoms with Crippen LogP contribution in [0.4, 0.5) is 0 Å². The number of hydrazone groups is 1. The number of hydrogen-bond donors (Lipinski definition) is 1. The smallest absolute Gasteiger partial charge is 0.276 e. The van der Waals surface area contributed by atoms with Gasteiger partial charge in [-0.1, -0.05) is 24.8 Å². The van der Waals surface area contributed by atoms with Gasteiger partial charge < -0.3 is 9.47 Å². The third-order valence-corrected chi connectivity index (χ3v) is 4.93. The van der Waals surface area contributed by atoms with Gasteiger partial charge in [-0.05, 0) is 54.8 Å². The first kappa shape index (κ1) is 19.5. The SMILES string of the molecule is C=CCOc1ccc(/C=N\NS(=O)(=O)c2cc(C)ccc2C)cc1OC. The van der Waals surface area contributed by atoms with Gasteiger partial charge in [0.05, 0.1) is 18.2 Å². The van der Waals surface area contributed by atoms with Crippen LogP contribution in [0.1, 0.15) is 16.7 Å². The van der Waals surface area contributed by atoms with Gasteiger partial charge in [-0.25, -0.2) is 4.83 Å². The Morgan fingerprint density at radius 2 is 1.92 bits per heavy atom. The fraction of sp³-hybridized carbons (Fsp3) is 0.211. The number of nitrogens with one attached hydrogen (secondary N) is 1. The van der Waals surface area contributed by atoms with Crippen molar-refractivity contribution in [3.8, 4) is 11.5 Å². The third kappa shape index (κ3) is 4.86. The molecule has 0 amide bonds. The molecule has 0 aliphatic rings. The number of aryl methyl sites for hydroxylation is 2. The number of benzene rings is 2. The fourth-order valence-electron chi connectivity index (χ4n) is 2.25. The van der Waals surface area contributed by atoms with Crippen molar-refractivity contribution in [2.24, 2.45) is 5.10 Å². The lowest BCUT2D eigenvalue weighted by atomic mass is 10.2. The third-order valence-electron chi connectivity index (χ3n) is 3.56. The van der Waals surface area contributed by atoms with Gasteiger partial charge >= 0.3 is 0 Å². The summed E-state index contributed by atoms with van der Waals surface area (Å²) in [4.78, 5) is 2.44. The molecule has 6 nitrogen and oxygen atoms in total. The molecule has 0 unspecified atom stereocenters. The van der Waals surface area contributed by atoms with Crippen LogP contribution in [0.2, 0.25) is 0 Å². The molecule has 0 radical (unpaired) electrons. The van der Waals surface area contributed by atoms with Crippen LogP contribution in [0, 0.1) is 13.8 Å². The van der Waals surface area contributed by atoms with Crippen LogP contribution in [0.3, 0.4) is 0 Å². The van der Waals surface area contributed by atoms with Gasteiger partial charge in [0.25, 0.3) is 10.0 Å². The number of hydrogen-bond acceptors (Lipinski definition) is 5. The zero-order valence-corrected chi connectivity index (χ0v) is 15.8. The largest absolute Gasteiger partial charge is 0.493 e. The molecule has 1 N–H and O–H groups in total. The van der Waals surface area contributed by atoms with Gasteiger partial charge in [0, 0.05) is 0 Å². The lowest BCUT2D eigenvalue weighted by Crippen LogP contribution is -2.19. The minimum Gasteiger partial charge on any atom is -0.493 e. The van der Waals surface area contributed by atoms with Crippen LogP contribution in [0.5, 0.6) is 11.5 Å².